The summed E-state index contributed by atoms with van der Waals surface area (Å²) in [6.07, 6.45) is 2.81. The fourth-order valence-corrected chi connectivity index (χ4v) is 3.80. The number of anilines is 1. The summed E-state index contributed by atoms with van der Waals surface area (Å²) in [6.45, 7) is 3.09. The van der Waals surface area contributed by atoms with Gasteiger partial charge in [0.15, 0.2) is 11.6 Å². The van der Waals surface area contributed by atoms with Gasteiger partial charge >= 0.3 is 0 Å². The Bertz CT molecular complexity index is 1440. The number of halogens is 2. The van der Waals surface area contributed by atoms with Gasteiger partial charge < -0.3 is 9.94 Å². The molecule has 0 bridgehead atoms. The number of nitrogens with one attached hydrogen (secondary N) is 2. The van der Waals surface area contributed by atoms with Crippen LogP contribution in [0.15, 0.2) is 48.8 Å². The molecule has 0 unspecified atom stereocenters. The number of aryl methyl sites for hydroxylation is 1. The lowest BCUT2D eigenvalue weighted by molar-refractivity contribution is -0.586. The van der Waals surface area contributed by atoms with E-state index >= 15 is 0 Å². The molecule has 3 aromatic heterocycles. The highest BCUT2D eigenvalue weighted by Gasteiger charge is 2.20. The molecule has 2 N–H and O–H groups in total. The van der Waals surface area contributed by atoms with Crippen molar-refractivity contribution in [2.75, 3.05) is 10.5 Å². The number of aromatic nitrogens is 3. The predicted molar refractivity (Wildman–Crippen MR) is 115 cm³/mol. The summed E-state index contributed by atoms with van der Waals surface area (Å²) in [4.78, 5) is 7.03. The van der Waals surface area contributed by atoms with Crippen LogP contribution in [0.25, 0.3) is 22.2 Å². The van der Waals surface area contributed by atoms with E-state index in [1.807, 2.05) is 0 Å². The third-order valence-corrected chi connectivity index (χ3v) is 6.09. The molecule has 1 aromatic carbocycles. The van der Waals surface area contributed by atoms with Crippen molar-refractivity contribution in [3.05, 3.63) is 71.3 Å². The Morgan fingerprint density at radius 1 is 1.19 bits per heavy atom. The summed E-state index contributed by atoms with van der Waals surface area (Å²) in [5.74, 6) is -2.16. The van der Waals surface area contributed by atoms with Crippen molar-refractivity contribution >= 4 is 26.7 Å². The van der Waals surface area contributed by atoms with Crippen LogP contribution in [-0.2, 0) is 10.0 Å². The van der Waals surface area contributed by atoms with E-state index in [1.165, 1.54) is 19.2 Å². The van der Waals surface area contributed by atoms with Gasteiger partial charge in [-0.05, 0) is 44.2 Å². The van der Waals surface area contributed by atoms with Crippen molar-refractivity contribution in [1.29, 1.82) is 0 Å². The number of sulfonamides is 1. The van der Waals surface area contributed by atoms with Crippen LogP contribution < -0.4 is 14.2 Å². The minimum atomic E-state index is -3.59. The number of hydrogen-bond donors (Lipinski definition) is 2. The van der Waals surface area contributed by atoms with Crippen LogP contribution in [0.1, 0.15) is 12.6 Å². The minimum absolute atomic E-state index is 0.0551. The number of ether oxygens (including phenoxy) is 1. The summed E-state index contributed by atoms with van der Waals surface area (Å²) in [5.41, 5.74) is 1.60. The number of fused-ring (bicyclic) bond motifs is 1. The van der Waals surface area contributed by atoms with Gasteiger partial charge in [0.05, 0.1) is 29.2 Å². The number of aromatic amines is 1. The number of hydrogen-bond acceptors (Lipinski definition) is 5. The standard InChI is InChI=1S/C21H18F2N4O4S/c1-3-32(29,30)26-14-10-17(16-8-12(2)27(28)20-15(16)6-7-24-20)21(25-11-14)31-19-5-4-13(22)9-18(19)23/h4-11,24,26H,3H2,1-2H3. The predicted octanol–water partition coefficient (Wildman–Crippen LogP) is 4.00. The first-order chi connectivity index (χ1) is 15.2. The van der Waals surface area contributed by atoms with E-state index in [4.69, 9.17) is 4.74 Å². The molecule has 0 saturated heterocycles. The monoisotopic (exact) mass is 460 g/mol. The summed E-state index contributed by atoms with van der Waals surface area (Å²) in [7, 11) is -3.59. The van der Waals surface area contributed by atoms with E-state index in [9.17, 15) is 22.4 Å². The summed E-state index contributed by atoms with van der Waals surface area (Å²) < 4.78 is 60.3. The first-order valence-electron chi connectivity index (χ1n) is 9.52. The maximum atomic E-state index is 14.2. The Labute approximate surface area is 182 Å². The van der Waals surface area contributed by atoms with Gasteiger partial charge in [-0.1, -0.05) is 0 Å². The Kier molecular flexibility index (Phi) is 5.43. The molecule has 0 fully saturated rings. The molecule has 4 aromatic rings. The van der Waals surface area contributed by atoms with Gasteiger partial charge in [0, 0.05) is 17.2 Å². The largest absolute Gasteiger partial charge is 0.710 e. The van der Waals surface area contributed by atoms with Gasteiger partial charge in [-0.15, -0.1) is 0 Å². The van der Waals surface area contributed by atoms with Crippen molar-refractivity contribution in [3.8, 4) is 22.8 Å². The van der Waals surface area contributed by atoms with Crippen LogP contribution in [0, 0.1) is 23.8 Å². The van der Waals surface area contributed by atoms with E-state index in [-0.39, 0.29) is 28.7 Å². The molecule has 8 nitrogen and oxygen atoms in total. The molecular weight excluding hydrogens is 442 g/mol. The van der Waals surface area contributed by atoms with Gasteiger partial charge in [-0.2, -0.15) is 0 Å². The maximum absolute atomic E-state index is 14.2. The third kappa shape index (κ3) is 4.06. The van der Waals surface area contributed by atoms with Crippen molar-refractivity contribution in [2.45, 2.75) is 13.8 Å². The average molecular weight is 460 g/mol. The smallest absolute Gasteiger partial charge is 0.290 e. The van der Waals surface area contributed by atoms with Crippen LogP contribution in [0.4, 0.5) is 14.5 Å². The Morgan fingerprint density at radius 2 is 1.97 bits per heavy atom. The van der Waals surface area contributed by atoms with Crippen LogP contribution in [0.5, 0.6) is 11.6 Å². The van der Waals surface area contributed by atoms with Crippen molar-refractivity contribution in [2.24, 2.45) is 0 Å². The molecule has 11 heteroatoms. The summed E-state index contributed by atoms with van der Waals surface area (Å²) >= 11 is 0. The van der Waals surface area contributed by atoms with Crippen LogP contribution >= 0.6 is 0 Å². The van der Waals surface area contributed by atoms with E-state index in [2.05, 4.69) is 14.7 Å². The number of benzene rings is 1. The van der Waals surface area contributed by atoms with Crippen molar-refractivity contribution in [3.63, 3.8) is 0 Å². The fourth-order valence-electron chi connectivity index (χ4n) is 3.19. The van der Waals surface area contributed by atoms with Crippen molar-refractivity contribution in [1.82, 2.24) is 9.97 Å². The molecule has 0 spiro atoms. The lowest BCUT2D eigenvalue weighted by Crippen LogP contribution is -2.31. The molecule has 0 aliphatic heterocycles. The van der Waals surface area contributed by atoms with Gasteiger partial charge in [0.2, 0.25) is 15.9 Å². The van der Waals surface area contributed by atoms with Crippen molar-refractivity contribution < 1.29 is 26.7 Å². The SMILES string of the molecule is CCS(=O)(=O)Nc1cnc(Oc2ccc(F)cc2F)c(-c2cc(C)[n+]([O-])c3[nH]ccc23)c1. The number of nitrogens with zero attached hydrogens (tertiary/aromatic N) is 2. The molecule has 166 valence electrons. The molecule has 0 atom stereocenters. The summed E-state index contributed by atoms with van der Waals surface area (Å²) in [6, 6.07) is 7.58. The zero-order chi connectivity index (χ0) is 23.0. The molecular formula is C21H18F2N4O4S. The molecule has 0 amide bonds. The first kappa shape index (κ1) is 21.5. The average Bonchev–Trinajstić information content (AvgIpc) is 3.24. The zero-order valence-electron chi connectivity index (χ0n) is 17.0. The lowest BCUT2D eigenvalue weighted by atomic mass is 10.0. The second kappa shape index (κ2) is 8.08. The van der Waals surface area contributed by atoms with E-state index in [0.29, 0.717) is 28.3 Å². The Hall–Kier alpha value is -3.73. The number of rotatable bonds is 6. The van der Waals surface area contributed by atoms with E-state index < -0.39 is 21.7 Å². The zero-order valence-corrected chi connectivity index (χ0v) is 17.8. The minimum Gasteiger partial charge on any atom is -0.710 e. The van der Waals surface area contributed by atoms with Gasteiger partial charge in [-0.25, -0.2) is 31.9 Å². The molecule has 4 rings (SSSR count). The number of pyridine rings is 2. The maximum Gasteiger partial charge on any atom is 0.290 e. The second-order valence-corrected chi connectivity index (χ2v) is 9.00. The van der Waals surface area contributed by atoms with E-state index in [1.54, 1.807) is 25.3 Å². The molecule has 32 heavy (non-hydrogen) atoms. The van der Waals surface area contributed by atoms with Crippen LogP contribution in [0.2, 0.25) is 0 Å². The molecule has 0 aliphatic carbocycles. The first-order valence-corrected chi connectivity index (χ1v) is 11.2. The Balaban J connectivity index is 1.92. The lowest BCUT2D eigenvalue weighted by Gasteiger charge is -2.15. The highest BCUT2D eigenvalue weighted by Crippen LogP contribution is 2.37. The molecule has 3 heterocycles. The quantitative estimate of drug-likeness (QED) is 0.334. The normalized spacial score (nSPS) is 11.6. The van der Waals surface area contributed by atoms with Crippen LogP contribution in [0.3, 0.4) is 0 Å². The third-order valence-electron chi connectivity index (χ3n) is 4.79. The Morgan fingerprint density at radius 3 is 2.69 bits per heavy atom. The van der Waals surface area contributed by atoms with Gasteiger partial charge in [-0.3, -0.25) is 4.72 Å². The molecule has 0 radical (unpaired) electrons. The fraction of sp³-hybridized carbons (Fsp3) is 0.143. The van der Waals surface area contributed by atoms with Crippen LogP contribution in [-0.4, -0.2) is 24.1 Å². The topological polar surface area (TPSA) is 111 Å². The van der Waals surface area contributed by atoms with Gasteiger partial charge in [0.25, 0.3) is 5.65 Å². The number of H-pyrrole nitrogens is 1. The molecule has 0 aliphatic rings. The van der Waals surface area contributed by atoms with Gasteiger partial charge in [0.1, 0.15) is 11.5 Å². The second-order valence-electron chi connectivity index (χ2n) is 6.99. The highest BCUT2D eigenvalue weighted by atomic mass is 32.2. The summed E-state index contributed by atoms with van der Waals surface area (Å²) in [5, 5.41) is 12.9. The highest BCUT2D eigenvalue weighted by molar-refractivity contribution is 7.92. The molecule has 0 saturated carbocycles. The van der Waals surface area contributed by atoms with E-state index in [0.717, 1.165) is 16.9 Å².